The molecule has 17 heavy (non-hydrogen) atoms. The predicted octanol–water partition coefficient (Wildman–Crippen LogP) is 2.89. The van der Waals surface area contributed by atoms with Crippen LogP contribution < -0.4 is 0 Å². The van der Waals surface area contributed by atoms with Crippen molar-refractivity contribution in [3.05, 3.63) is 29.8 Å². The van der Waals surface area contributed by atoms with Crippen LogP contribution in [0.1, 0.15) is 10.4 Å². The molecule has 0 aliphatic carbocycles. The number of carbonyl (C=O) groups is 1. The number of hydrogen-bond acceptors (Lipinski definition) is 4. The lowest BCUT2D eigenvalue weighted by Gasteiger charge is -2.14. The van der Waals surface area contributed by atoms with Crippen molar-refractivity contribution in [3.8, 4) is 0 Å². The quantitative estimate of drug-likeness (QED) is 0.560. The average molecular weight is 269 g/mol. The lowest BCUT2D eigenvalue weighted by molar-refractivity contribution is 0.0949. The fourth-order valence-corrected chi connectivity index (χ4v) is 2.34. The highest BCUT2D eigenvalue weighted by Gasteiger charge is 2.08. The van der Waals surface area contributed by atoms with E-state index in [1.807, 2.05) is 37.6 Å². The molecule has 0 saturated carbocycles. The topological polar surface area (TPSA) is 20.3 Å². The zero-order chi connectivity index (χ0) is 12.7. The Labute approximate surface area is 112 Å². The van der Waals surface area contributed by atoms with E-state index in [1.165, 1.54) is 4.90 Å². The first-order valence-electron chi connectivity index (χ1n) is 5.52. The van der Waals surface area contributed by atoms with Gasteiger partial charge in [-0.3, -0.25) is 9.69 Å². The van der Waals surface area contributed by atoms with Crippen molar-refractivity contribution in [1.82, 2.24) is 4.90 Å². The van der Waals surface area contributed by atoms with Crippen molar-refractivity contribution in [1.29, 1.82) is 0 Å². The van der Waals surface area contributed by atoms with Crippen LogP contribution >= 0.6 is 23.5 Å². The van der Waals surface area contributed by atoms with Gasteiger partial charge in [0.2, 0.25) is 0 Å². The Balaban J connectivity index is 2.51. The van der Waals surface area contributed by atoms with Crippen molar-refractivity contribution >= 4 is 29.3 Å². The third-order valence-electron chi connectivity index (χ3n) is 2.50. The molecule has 2 nitrogen and oxygen atoms in total. The molecule has 4 heteroatoms. The number of likely N-dealkylation sites (N-methyl/N-ethyl adjacent to an activating group) is 1. The van der Waals surface area contributed by atoms with Gasteiger partial charge in [0.1, 0.15) is 0 Å². The molecule has 0 aliphatic rings. The maximum absolute atomic E-state index is 12.0. The summed E-state index contributed by atoms with van der Waals surface area (Å²) >= 11 is 3.49. The summed E-state index contributed by atoms with van der Waals surface area (Å²) < 4.78 is 0. The summed E-state index contributed by atoms with van der Waals surface area (Å²) in [5.74, 6) is 1.26. The largest absolute Gasteiger partial charge is 0.298 e. The molecule has 0 heterocycles. The van der Waals surface area contributed by atoms with Gasteiger partial charge in [0, 0.05) is 22.8 Å². The van der Waals surface area contributed by atoms with Gasteiger partial charge in [-0.15, -0.1) is 11.8 Å². The van der Waals surface area contributed by atoms with Crippen molar-refractivity contribution in [3.63, 3.8) is 0 Å². The Hall–Kier alpha value is -0.450. The Morgan fingerprint density at radius 3 is 2.41 bits per heavy atom. The van der Waals surface area contributed by atoms with Gasteiger partial charge >= 0.3 is 0 Å². The summed E-state index contributed by atoms with van der Waals surface area (Å²) in [7, 11) is 1.99. The van der Waals surface area contributed by atoms with E-state index in [1.54, 1.807) is 23.5 Å². The van der Waals surface area contributed by atoms with Crippen LogP contribution in [0.25, 0.3) is 0 Å². The monoisotopic (exact) mass is 269 g/mol. The molecule has 0 saturated heterocycles. The number of hydrogen-bond donors (Lipinski definition) is 0. The van der Waals surface area contributed by atoms with Gasteiger partial charge in [0.05, 0.1) is 6.54 Å². The molecule has 0 fully saturated rings. The number of rotatable bonds is 7. The molecule has 1 aromatic carbocycles. The van der Waals surface area contributed by atoms with Gasteiger partial charge in [-0.2, -0.15) is 11.8 Å². The standard InChI is InChI=1S/C13H19NOS2/c1-14(8-9-16-2)10-13(15)11-4-6-12(17-3)7-5-11/h4-7H,8-10H2,1-3H3. The molecule has 0 N–H and O–H groups in total. The SMILES string of the molecule is CSCCN(C)CC(=O)c1ccc(SC)cc1. The highest BCUT2D eigenvalue weighted by molar-refractivity contribution is 7.98. The summed E-state index contributed by atoms with van der Waals surface area (Å²) in [5, 5.41) is 0. The van der Waals surface area contributed by atoms with Crippen LogP contribution in [-0.4, -0.2) is 49.1 Å². The smallest absolute Gasteiger partial charge is 0.176 e. The fraction of sp³-hybridized carbons (Fsp3) is 0.462. The molecule has 0 aliphatic heterocycles. The van der Waals surface area contributed by atoms with Crippen LogP contribution in [0.2, 0.25) is 0 Å². The second-order valence-corrected chi connectivity index (χ2v) is 5.75. The molecule has 0 spiro atoms. The van der Waals surface area contributed by atoms with E-state index < -0.39 is 0 Å². The lowest BCUT2D eigenvalue weighted by Crippen LogP contribution is -2.28. The van der Waals surface area contributed by atoms with Crippen LogP contribution in [0.4, 0.5) is 0 Å². The van der Waals surface area contributed by atoms with Crippen molar-refractivity contribution in [2.45, 2.75) is 4.90 Å². The normalized spacial score (nSPS) is 10.8. The minimum atomic E-state index is 0.196. The number of carbonyl (C=O) groups excluding carboxylic acids is 1. The molecule has 0 unspecified atom stereocenters. The van der Waals surface area contributed by atoms with E-state index >= 15 is 0 Å². The molecule has 0 aromatic heterocycles. The Morgan fingerprint density at radius 1 is 1.24 bits per heavy atom. The van der Waals surface area contributed by atoms with Gasteiger partial charge in [0.15, 0.2) is 5.78 Å². The molecule has 1 rings (SSSR count). The van der Waals surface area contributed by atoms with E-state index in [0.717, 1.165) is 17.9 Å². The molecule has 0 radical (unpaired) electrons. The van der Waals surface area contributed by atoms with Crippen LogP contribution in [0.5, 0.6) is 0 Å². The number of nitrogens with zero attached hydrogens (tertiary/aromatic N) is 1. The fourth-order valence-electron chi connectivity index (χ4n) is 1.44. The van der Waals surface area contributed by atoms with E-state index in [0.29, 0.717) is 6.54 Å². The van der Waals surface area contributed by atoms with Gasteiger partial charge in [0.25, 0.3) is 0 Å². The number of benzene rings is 1. The summed E-state index contributed by atoms with van der Waals surface area (Å²) in [6.07, 6.45) is 4.11. The third-order valence-corrected chi connectivity index (χ3v) is 3.84. The molecule has 1 aromatic rings. The molecular weight excluding hydrogens is 250 g/mol. The molecule has 0 bridgehead atoms. The molecule has 94 valence electrons. The Morgan fingerprint density at radius 2 is 1.88 bits per heavy atom. The van der Waals surface area contributed by atoms with Crippen LogP contribution in [0.15, 0.2) is 29.2 Å². The Bertz CT molecular complexity index is 351. The third kappa shape index (κ3) is 5.15. The molecule has 0 atom stereocenters. The lowest BCUT2D eigenvalue weighted by atomic mass is 10.1. The first-order chi connectivity index (χ1) is 8.17. The zero-order valence-corrected chi connectivity index (χ0v) is 12.2. The summed E-state index contributed by atoms with van der Waals surface area (Å²) in [6, 6.07) is 7.83. The van der Waals surface area contributed by atoms with E-state index in [2.05, 4.69) is 11.2 Å². The second-order valence-electron chi connectivity index (χ2n) is 3.88. The summed E-state index contributed by atoms with van der Waals surface area (Å²) in [6.45, 7) is 1.45. The molecular formula is C13H19NOS2. The first-order valence-corrected chi connectivity index (χ1v) is 8.14. The van der Waals surface area contributed by atoms with Crippen molar-refractivity contribution in [2.75, 3.05) is 38.4 Å². The van der Waals surface area contributed by atoms with E-state index in [-0.39, 0.29) is 5.78 Å². The number of thioether (sulfide) groups is 2. The second kappa shape index (κ2) is 7.80. The highest BCUT2D eigenvalue weighted by atomic mass is 32.2. The average Bonchev–Trinajstić information content (AvgIpc) is 2.36. The van der Waals surface area contributed by atoms with E-state index in [4.69, 9.17) is 0 Å². The van der Waals surface area contributed by atoms with Crippen molar-refractivity contribution < 1.29 is 4.79 Å². The number of ketones is 1. The van der Waals surface area contributed by atoms with Crippen LogP contribution in [0, 0.1) is 0 Å². The van der Waals surface area contributed by atoms with Crippen LogP contribution in [-0.2, 0) is 0 Å². The van der Waals surface area contributed by atoms with Gasteiger partial charge in [-0.25, -0.2) is 0 Å². The zero-order valence-electron chi connectivity index (χ0n) is 10.6. The van der Waals surface area contributed by atoms with Crippen LogP contribution in [0.3, 0.4) is 0 Å². The maximum atomic E-state index is 12.0. The van der Waals surface area contributed by atoms with Gasteiger partial charge in [-0.05, 0) is 31.7 Å². The van der Waals surface area contributed by atoms with Gasteiger partial charge in [-0.1, -0.05) is 12.1 Å². The van der Waals surface area contributed by atoms with Gasteiger partial charge < -0.3 is 0 Å². The van der Waals surface area contributed by atoms with E-state index in [9.17, 15) is 4.79 Å². The number of Topliss-reactive ketones (excluding diaryl/α,β-unsaturated/α-hetero) is 1. The van der Waals surface area contributed by atoms with Crippen molar-refractivity contribution in [2.24, 2.45) is 0 Å². The highest BCUT2D eigenvalue weighted by Crippen LogP contribution is 2.15. The molecule has 0 amide bonds. The minimum absolute atomic E-state index is 0.196. The minimum Gasteiger partial charge on any atom is -0.298 e. The maximum Gasteiger partial charge on any atom is 0.176 e. The summed E-state index contributed by atoms with van der Waals surface area (Å²) in [5.41, 5.74) is 0.804. The first kappa shape index (κ1) is 14.6. The summed E-state index contributed by atoms with van der Waals surface area (Å²) in [4.78, 5) is 15.2. The predicted molar refractivity (Wildman–Crippen MR) is 78.4 cm³/mol. The Kier molecular flexibility index (Phi) is 6.70.